The van der Waals surface area contributed by atoms with Crippen molar-refractivity contribution in [2.75, 3.05) is 26.2 Å². The van der Waals surface area contributed by atoms with Gasteiger partial charge in [0.05, 0.1) is 11.4 Å². The van der Waals surface area contributed by atoms with Crippen LogP contribution in [0.2, 0.25) is 0 Å². The Morgan fingerprint density at radius 3 is 2.30 bits per heavy atom. The monoisotopic (exact) mass is 427 g/mol. The molecule has 3 aromatic rings. The minimum absolute atomic E-state index is 0.00268. The zero-order valence-electron chi connectivity index (χ0n) is 18.1. The first kappa shape index (κ1) is 21.0. The molecule has 0 unspecified atom stereocenters. The summed E-state index contributed by atoms with van der Waals surface area (Å²) in [5, 5.41) is 0. The van der Waals surface area contributed by atoms with E-state index >= 15 is 0 Å². The summed E-state index contributed by atoms with van der Waals surface area (Å²) in [5.41, 5.74) is 3.91. The molecule has 0 radical (unpaired) electrons. The van der Waals surface area contributed by atoms with E-state index < -0.39 is 10.0 Å². The van der Waals surface area contributed by atoms with Gasteiger partial charge in [0.25, 0.3) is 0 Å². The van der Waals surface area contributed by atoms with E-state index in [9.17, 15) is 8.42 Å². The van der Waals surface area contributed by atoms with E-state index in [-0.39, 0.29) is 5.41 Å². The molecule has 2 heterocycles. The molecule has 1 aromatic heterocycles. The van der Waals surface area contributed by atoms with Crippen LogP contribution in [-0.2, 0) is 22.0 Å². The molecule has 2 aromatic carbocycles. The van der Waals surface area contributed by atoms with Crippen molar-refractivity contribution >= 4 is 21.1 Å². The van der Waals surface area contributed by atoms with E-state index in [1.807, 2.05) is 37.3 Å². The molecule has 0 saturated carbocycles. The highest BCUT2D eigenvalue weighted by Gasteiger charge is 2.29. The largest absolute Gasteiger partial charge is 0.439 e. The third kappa shape index (κ3) is 4.29. The van der Waals surface area contributed by atoms with Crippen molar-refractivity contribution < 1.29 is 12.8 Å². The van der Waals surface area contributed by atoms with Crippen molar-refractivity contribution in [2.24, 2.45) is 0 Å². The molecule has 4 rings (SSSR count). The predicted octanol–water partition coefficient (Wildman–Crippen LogP) is 3.94. The zero-order valence-corrected chi connectivity index (χ0v) is 18.9. The Kier molecular flexibility index (Phi) is 5.46. The van der Waals surface area contributed by atoms with Crippen LogP contribution in [0.4, 0.5) is 0 Å². The highest BCUT2D eigenvalue weighted by Crippen LogP contribution is 2.25. The van der Waals surface area contributed by atoms with Crippen LogP contribution in [0.25, 0.3) is 11.1 Å². The second kappa shape index (κ2) is 7.80. The maximum Gasteiger partial charge on any atom is 0.243 e. The summed E-state index contributed by atoms with van der Waals surface area (Å²) >= 11 is 0. The highest BCUT2D eigenvalue weighted by molar-refractivity contribution is 7.89. The molecule has 7 heteroatoms. The van der Waals surface area contributed by atoms with E-state index in [2.05, 4.69) is 30.7 Å². The number of hydrogen-bond donors (Lipinski definition) is 0. The third-order valence-corrected chi connectivity index (χ3v) is 7.55. The Labute approximate surface area is 178 Å². The summed E-state index contributed by atoms with van der Waals surface area (Å²) in [6.45, 7) is 11.2. The smallest absolute Gasteiger partial charge is 0.243 e. The van der Waals surface area contributed by atoms with Crippen molar-refractivity contribution in [3.63, 3.8) is 0 Å². The first-order chi connectivity index (χ1) is 14.1. The fraction of sp³-hybridized carbons (Fsp3) is 0.435. The lowest BCUT2D eigenvalue weighted by molar-refractivity contribution is 0.169. The standard InChI is InChI=1S/C23H29N3O3S/c1-17-5-10-20-21(15-17)29-22(24-20)16-25-11-13-26(14-12-25)30(27,28)19-8-6-18(7-9-19)23(2,3)4/h5-10,15H,11-14,16H2,1-4H3. The van der Waals surface area contributed by atoms with Crippen LogP contribution in [0.1, 0.15) is 37.8 Å². The number of aromatic nitrogens is 1. The van der Waals surface area contributed by atoms with Gasteiger partial charge in [-0.2, -0.15) is 4.31 Å². The Bertz CT molecular complexity index is 1140. The molecule has 0 atom stereocenters. The molecule has 160 valence electrons. The lowest BCUT2D eigenvalue weighted by Gasteiger charge is -2.33. The van der Waals surface area contributed by atoms with Gasteiger partial charge in [-0.15, -0.1) is 0 Å². The minimum Gasteiger partial charge on any atom is -0.439 e. The molecule has 1 aliphatic rings. The summed E-state index contributed by atoms with van der Waals surface area (Å²) in [7, 11) is -3.48. The molecule has 0 N–H and O–H groups in total. The van der Waals surface area contributed by atoms with Crippen molar-refractivity contribution in [3.05, 3.63) is 59.5 Å². The molecule has 0 bridgehead atoms. The number of fused-ring (bicyclic) bond motifs is 1. The van der Waals surface area contributed by atoms with Crippen LogP contribution in [0.3, 0.4) is 0 Å². The second-order valence-corrected chi connectivity index (χ2v) is 11.0. The molecule has 1 aliphatic heterocycles. The van der Waals surface area contributed by atoms with Gasteiger partial charge in [-0.25, -0.2) is 13.4 Å². The van der Waals surface area contributed by atoms with E-state index in [0.717, 1.165) is 22.2 Å². The number of nitrogens with zero attached hydrogens (tertiary/aromatic N) is 3. The van der Waals surface area contributed by atoms with Crippen molar-refractivity contribution in [3.8, 4) is 0 Å². The lowest BCUT2D eigenvalue weighted by atomic mass is 9.87. The van der Waals surface area contributed by atoms with Gasteiger partial charge in [0.15, 0.2) is 5.58 Å². The number of oxazole rings is 1. The molecular weight excluding hydrogens is 398 g/mol. The van der Waals surface area contributed by atoms with E-state index in [1.54, 1.807) is 16.4 Å². The van der Waals surface area contributed by atoms with Gasteiger partial charge in [-0.05, 0) is 47.7 Å². The number of hydrogen-bond acceptors (Lipinski definition) is 5. The molecular formula is C23H29N3O3S. The zero-order chi connectivity index (χ0) is 21.5. The quantitative estimate of drug-likeness (QED) is 0.631. The van der Waals surface area contributed by atoms with Gasteiger partial charge in [0.1, 0.15) is 5.52 Å². The molecule has 30 heavy (non-hydrogen) atoms. The number of benzene rings is 2. The first-order valence-electron chi connectivity index (χ1n) is 10.3. The molecule has 6 nitrogen and oxygen atoms in total. The van der Waals surface area contributed by atoms with Gasteiger partial charge < -0.3 is 4.42 Å². The predicted molar refractivity (Wildman–Crippen MR) is 118 cm³/mol. The summed E-state index contributed by atoms with van der Waals surface area (Å²) in [5.74, 6) is 0.671. The number of piperazine rings is 1. The molecule has 0 spiro atoms. The third-order valence-electron chi connectivity index (χ3n) is 5.64. The average Bonchev–Trinajstić information content (AvgIpc) is 3.09. The number of rotatable bonds is 4. The van der Waals surface area contributed by atoms with Crippen LogP contribution in [-0.4, -0.2) is 48.8 Å². The molecule has 0 amide bonds. The van der Waals surface area contributed by atoms with Crippen LogP contribution in [0.15, 0.2) is 51.8 Å². The average molecular weight is 428 g/mol. The summed E-state index contributed by atoms with van der Waals surface area (Å²) < 4.78 is 33.5. The number of sulfonamides is 1. The summed E-state index contributed by atoms with van der Waals surface area (Å²) in [6.07, 6.45) is 0. The highest BCUT2D eigenvalue weighted by atomic mass is 32.2. The second-order valence-electron chi connectivity index (χ2n) is 9.03. The Morgan fingerprint density at radius 1 is 1.00 bits per heavy atom. The van der Waals surface area contributed by atoms with Gasteiger partial charge in [0.2, 0.25) is 15.9 Å². The summed E-state index contributed by atoms with van der Waals surface area (Å²) in [4.78, 5) is 7.10. The first-order valence-corrected chi connectivity index (χ1v) is 11.8. The maximum absolute atomic E-state index is 13.0. The normalized spacial score (nSPS) is 16.9. The van der Waals surface area contributed by atoms with Crippen molar-refractivity contribution in [1.29, 1.82) is 0 Å². The van der Waals surface area contributed by atoms with Crippen LogP contribution >= 0.6 is 0 Å². The molecule has 1 fully saturated rings. The van der Waals surface area contributed by atoms with Crippen LogP contribution in [0, 0.1) is 6.92 Å². The van der Waals surface area contributed by atoms with Gasteiger partial charge in [-0.1, -0.05) is 39.0 Å². The lowest BCUT2D eigenvalue weighted by Crippen LogP contribution is -2.48. The van der Waals surface area contributed by atoms with Crippen LogP contribution < -0.4 is 0 Å². The van der Waals surface area contributed by atoms with Gasteiger partial charge >= 0.3 is 0 Å². The Balaban J connectivity index is 1.40. The van der Waals surface area contributed by atoms with Gasteiger partial charge in [-0.3, -0.25) is 4.90 Å². The Morgan fingerprint density at radius 2 is 1.67 bits per heavy atom. The minimum atomic E-state index is -3.48. The number of aryl methyl sites for hydroxylation is 1. The SMILES string of the molecule is Cc1ccc2nc(CN3CCN(S(=O)(=O)c4ccc(C(C)(C)C)cc4)CC3)oc2c1. The van der Waals surface area contributed by atoms with E-state index in [0.29, 0.717) is 43.5 Å². The van der Waals surface area contributed by atoms with Crippen molar-refractivity contribution in [1.82, 2.24) is 14.2 Å². The van der Waals surface area contributed by atoms with E-state index in [4.69, 9.17) is 4.42 Å². The van der Waals surface area contributed by atoms with Gasteiger partial charge in [0, 0.05) is 26.2 Å². The van der Waals surface area contributed by atoms with Crippen molar-refractivity contribution in [2.45, 2.75) is 44.6 Å². The fourth-order valence-electron chi connectivity index (χ4n) is 3.74. The molecule has 0 aliphatic carbocycles. The Hall–Kier alpha value is -2.22. The van der Waals surface area contributed by atoms with Crippen LogP contribution in [0.5, 0.6) is 0 Å². The summed E-state index contributed by atoms with van der Waals surface area (Å²) in [6, 6.07) is 13.3. The van der Waals surface area contributed by atoms with E-state index in [1.165, 1.54) is 0 Å². The fourth-order valence-corrected chi connectivity index (χ4v) is 5.16. The maximum atomic E-state index is 13.0. The molecule has 1 saturated heterocycles. The topological polar surface area (TPSA) is 66.7 Å².